The average molecular weight is 489 g/mol. The molecule has 3 aromatic carbocycles. The molecule has 0 heterocycles. The van der Waals surface area contributed by atoms with Gasteiger partial charge in [0.25, 0.3) is 15.9 Å². The fraction of sp³-hybridized carbons (Fsp3) is 0.208. The number of anilines is 1. The van der Waals surface area contributed by atoms with E-state index in [1.807, 2.05) is 31.2 Å². The zero-order chi connectivity index (χ0) is 24.0. The number of hydrogen-bond acceptors (Lipinski definition) is 5. The number of nitrogens with one attached hydrogen (secondary N) is 2. The van der Waals surface area contributed by atoms with Gasteiger partial charge in [-0.15, -0.1) is 0 Å². The van der Waals surface area contributed by atoms with E-state index in [0.29, 0.717) is 22.0 Å². The smallest absolute Gasteiger partial charge is 0.261 e. The van der Waals surface area contributed by atoms with Crippen LogP contribution < -0.4 is 19.5 Å². The molecule has 0 aliphatic rings. The van der Waals surface area contributed by atoms with Crippen molar-refractivity contribution in [2.45, 2.75) is 24.8 Å². The number of carbonyl (C=O) groups is 1. The van der Waals surface area contributed by atoms with Crippen molar-refractivity contribution in [1.82, 2.24) is 5.32 Å². The van der Waals surface area contributed by atoms with Gasteiger partial charge in [0.15, 0.2) is 6.61 Å². The highest BCUT2D eigenvalue weighted by atomic mass is 35.5. The monoisotopic (exact) mass is 488 g/mol. The fourth-order valence-electron chi connectivity index (χ4n) is 3.09. The predicted molar refractivity (Wildman–Crippen MR) is 128 cm³/mol. The summed E-state index contributed by atoms with van der Waals surface area (Å²) in [7, 11) is -2.19. The van der Waals surface area contributed by atoms with Crippen LogP contribution in [-0.4, -0.2) is 28.0 Å². The van der Waals surface area contributed by atoms with E-state index < -0.39 is 10.0 Å². The molecular formula is C24H25ClN2O5S. The lowest BCUT2D eigenvalue weighted by Gasteiger charge is -2.16. The van der Waals surface area contributed by atoms with Crippen LogP contribution in [0.3, 0.4) is 0 Å². The molecule has 0 bridgehead atoms. The summed E-state index contributed by atoms with van der Waals surface area (Å²) in [6.07, 6.45) is 0. The van der Waals surface area contributed by atoms with Crippen LogP contribution in [0.15, 0.2) is 71.6 Å². The summed E-state index contributed by atoms with van der Waals surface area (Å²) in [6.45, 7) is 3.39. The lowest BCUT2D eigenvalue weighted by molar-refractivity contribution is -0.123. The fourth-order valence-corrected chi connectivity index (χ4v) is 4.35. The number of amides is 1. The Bertz CT molecular complexity index is 1210. The maximum atomic E-state index is 12.7. The molecule has 0 saturated heterocycles. The Morgan fingerprint density at radius 3 is 2.30 bits per heavy atom. The van der Waals surface area contributed by atoms with Gasteiger partial charge in [-0.25, -0.2) is 8.42 Å². The summed E-state index contributed by atoms with van der Waals surface area (Å²) in [5.41, 5.74) is 1.92. The van der Waals surface area contributed by atoms with Gasteiger partial charge in [-0.3, -0.25) is 9.52 Å². The molecule has 3 rings (SSSR count). The highest BCUT2D eigenvalue weighted by Gasteiger charge is 2.17. The number of sulfonamides is 1. The number of carbonyl (C=O) groups excluding carboxylic acids is 1. The van der Waals surface area contributed by atoms with Crippen molar-refractivity contribution >= 4 is 33.2 Å². The largest absolute Gasteiger partial charge is 0.497 e. The van der Waals surface area contributed by atoms with Gasteiger partial charge < -0.3 is 14.8 Å². The number of methoxy groups -OCH3 is 1. The van der Waals surface area contributed by atoms with E-state index in [1.54, 1.807) is 38.3 Å². The molecule has 1 amide bonds. The van der Waals surface area contributed by atoms with Crippen molar-refractivity contribution in [2.75, 3.05) is 18.4 Å². The summed E-state index contributed by atoms with van der Waals surface area (Å²) in [5, 5.41) is 3.38. The van der Waals surface area contributed by atoms with E-state index in [9.17, 15) is 13.2 Å². The minimum Gasteiger partial charge on any atom is -0.497 e. The number of halogens is 1. The average Bonchev–Trinajstić information content (AvgIpc) is 2.79. The van der Waals surface area contributed by atoms with Crippen molar-refractivity contribution in [1.29, 1.82) is 0 Å². The minimum atomic E-state index is -3.79. The Hall–Kier alpha value is -3.23. The van der Waals surface area contributed by atoms with Gasteiger partial charge in [0.05, 0.1) is 18.0 Å². The first-order valence-corrected chi connectivity index (χ1v) is 12.0. The van der Waals surface area contributed by atoms with E-state index in [2.05, 4.69) is 10.0 Å². The number of ether oxygens (including phenoxy) is 2. The SMILES string of the molecule is COc1ccc(C(C)NC(=O)COc2ccc(S(=O)(=O)Nc3ccc(Cl)cc3)cc2C)cc1. The third-order valence-electron chi connectivity index (χ3n) is 4.91. The van der Waals surface area contributed by atoms with E-state index in [0.717, 1.165) is 11.3 Å². The molecule has 7 nitrogen and oxygen atoms in total. The molecule has 0 aliphatic heterocycles. The Morgan fingerprint density at radius 2 is 1.70 bits per heavy atom. The van der Waals surface area contributed by atoms with Gasteiger partial charge >= 0.3 is 0 Å². The topological polar surface area (TPSA) is 93.7 Å². The number of rotatable bonds is 9. The lowest BCUT2D eigenvalue weighted by atomic mass is 10.1. The van der Waals surface area contributed by atoms with E-state index in [4.69, 9.17) is 21.1 Å². The van der Waals surface area contributed by atoms with Gasteiger partial charge in [-0.2, -0.15) is 0 Å². The molecule has 2 N–H and O–H groups in total. The summed E-state index contributed by atoms with van der Waals surface area (Å²) in [5.74, 6) is 0.872. The quantitative estimate of drug-likeness (QED) is 0.454. The van der Waals surface area contributed by atoms with Crippen molar-refractivity contribution in [2.24, 2.45) is 0 Å². The first-order chi connectivity index (χ1) is 15.7. The van der Waals surface area contributed by atoms with Gasteiger partial charge in [0.1, 0.15) is 11.5 Å². The molecule has 0 spiro atoms. The standard InChI is InChI=1S/C24H25ClN2O5S/c1-16-14-22(33(29,30)27-20-8-6-19(25)7-9-20)12-13-23(16)32-15-24(28)26-17(2)18-4-10-21(31-3)11-5-18/h4-14,17,27H,15H2,1-3H3,(H,26,28). The molecule has 0 aromatic heterocycles. The zero-order valence-electron chi connectivity index (χ0n) is 18.5. The number of hydrogen-bond donors (Lipinski definition) is 2. The molecule has 1 unspecified atom stereocenters. The molecule has 3 aromatic rings. The van der Waals surface area contributed by atoms with Crippen LogP contribution in [0.4, 0.5) is 5.69 Å². The van der Waals surface area contributed by atoms with Crippen LogP contribution in [0.1, 0.15) is 24.1 Å². The first kappa shape index (κ1) is 24.4. The summed E-state index contributed by atoms with van der Waals surface area (Å²) in [4.78, 5) is 12.4. The Labute approximate surface area is 198 Å². The van der Waals surface area contributed by atoms with Crippen LogP contribution in [0.25, 0.3) is 0 Å². The third kappa shape index (κ3) is 6.63. The van der Waals surface area contributed by atoms with Crippen LogP contribution in [0.2, 0.25) is 5.02 Å². The summed E-state index contributed by atoms with van der Waals surface area (Å²) < 4.78 is 38.6. The highest BCUT2D eigenvalue weighted by molar-refractivity contribution is 7.92. The highest BCUT2D eigenvalue weighted by Crippen LogP contribution is 2.24. The third-order valence-corrected chi connectivity index (χ3v) is 6.54. The second-order valence-electron chi connectivity index (χ2n) is 7.39. The van der Waals surface area contributed by atoms with Crippen molar-refractivity contribution < 1.29 is 22.7 Å². The van der Waals surface area contributed by atoms with E-state index >= 15 is 0 Å². The van der Waals surface area contributed by atoms with Crippen molar-refractivity contribution in [3.05, 3.63) is 82.9 Å². The van der Waals surface area contributed by atoms with Crippen molar-refractivity contribution in [3.8, 4) is 11.5 Å². The van der Waals surface area contributed by atoms with E-state index in [1.165, 1.54) is 18.2 Å². The Kier molecular flexibility index (Phi) is 7.84. The van der Waals surface area contributed by atoms with Gasteiger partial charge in [-0.1, -0.05) is 23.7 Å². The summed E-state index contributed by atoms with van der Waals surface area (Å²) >= 11 is 5.84. The molecule has 33 heavy (non-hydrogen) atoms. The Morgan fingerprint density at radius 1 is 1.03 bits per heavy atom. The lowest BCUT2D eigenvalue weighted by Crippen LogP contribution is -2.31. The maximum Gasteiger partial charge on any atom is 0.261 e. The number of benzene rings is 3. The molecule has 0 aliphatic carbocycles. The van der Waals surface area contributed by atoms with Gasteiger partial charge in [0.2, 0.25) is 0 Å². The number of aryl methyl sites for hydroxylation is 1. The van der Waals surface area contributed by atoms with Crippen LogP contribution >= 0.6 is 11.6 Å². The van der Waals surface area contributed by atoms with Crippen molar-refractivity contribution in [3.63, 3.8) is 0 Å². The minimum absolute atomic E-state index is 0.0832. The normalized spacial score (nSPS) is 12.0. The van der Waals surface area contributed by atoms with Gasteiger partial charge in [-0.05, 0) is 79.6 Å². The summed E-state index contributed by atoms with van der Waals surface area (Å²) in [6, 6.07) is 18.0. The molecule has 9 heteroatoms. The molecule has 1 atom stereocenters. The van der Waals surface area contributed by atoms with E-state index in [-0.39, 0.29) is 23.5 Å². The van der Waals surface area contributed by atoms with Crippen LogP contribution in [0.5, 0.6) is 11.5 Å². The zero-order valence-corrected chi connectivity index (χ0v) is 20.0. The van der Waals surface area contributed by atoms with Crippen LogP contribution in [0, 0.1) is 6.92 Å². The Balaban J connectivity index is 1.59. The predicted octanol–water partition coefficient (Wildman–Crippen LogP) is 4.71. The second-order valence-corrected chi connectivity index (χ2v) is 9.51. The van der Waals surface area contributed by atoms with Gasteiger partial charge in [0, 0.05) is 10.7 Å². The molecule has 174 valence electrons. The van der Waals surface area contributed by atoms with Crippen LogP contribution in [-0.2, 0) is 14.8 Å². The second kappa shape index (κ2) is 10.6. The first-order valence-electron chi connectivity index (χ1n) is 10.1. The molecule has 0 fully saturated rings. The molecule has 0 radical (unpaired) electrons. The molecular weight excluding hydrogens is 464 g/mol. The maximum absolute atomic E-state index is 12.7. The molecule has 0 saturated carbocycles.